The van der Waals surface area contributed by atoms with Crippen molar-refractivity contribution >= 4 is 5.91 Å². The number of piperazine rings is 1. The Labute approximate surface area is 173 Å². The molecule has 0 spiro atoms. The Hall–Kier alpha value is -2.18. The van der Waals surface area contributed by atoms with Crippen LogP contribution in [0.25, 0.3) is 0 Å². The van der Waals surface area contributed by atoms with E-state index in [0.717, 1.165) is 25.5 Å². The van der Waals surface area contributed by atoms with E-state index >= 15 is 0 Å². The molecule has 1 aromatic carbocycles. The Morgan fingerprint density at radius 3 is 2.76 bits per heavy atom. The lowest BCUT2D eigenvalue weighted by Crippen LogP contribution is -2.50. The number of imidazole rings is 1. The van der Waals surface area contributed by atoms with Gasteiger partial charge in [0, 0.05) is 39.1 Å². The van der Waals surface area contributed by atoms with E-state index in [1.165, 1.54) is 37.7 Å². The van der Waals surface area contributed by atoms with Crippen molar-refractivity contribution in [2.45, 2.75) is 44.2 Å². The van der Waals surface area contributed by atoms with Crippen LogP contribution in [0.15, 0.2) is 42.7 Å². The van der Waals surface area contributed by atoms with Crippen LogP contribution in [0, 0.1) is 5.92 Å². The molecule has 156 valence electrons. The molecule has 29 heavy (non-hydrogen) atoms. The Kier molecular flexibility index (Phi) is 6.62. The highest BCUT2D eigenvalue weighted by Gasteiger charge is 2.30. The molecule has 4 rings (SSSR count). The van der Waals surface area contributed by atoms with E-state index in [2.05, 4.69) is 49.4 Å². The fourth-order valence-electron chi connectivity index (χ4n) is 4.89. The maximum Gasteiger partial charge on any atom is 0.234 e. The molecular formula is C23H33N5O. The van der Waals surface area contributed by atoms with Gasteiger partial charge in [0.1, 0.15) is 5.82 Å². The van der Waals surface area contributed by atoms with Gasteiger partial charge in [-0.2, -0.15) is 0 Å². The lowest BCUT2D eigenvalue weighted by molar-refractivity contribution is -0.124. The van der Waals surface area contributed by atoms with Crippen LogP contribution in [0.5, 0.6) is 0 Å². The Morgan fingerprint density at radius 1 is 1.24 bits per heavy atom. The molecule has 2 aromatic rings. The summed E-state index contributed by atoms with van der Waals surface area (Å²) in [4.78, 5) is 19.9. The molecular weight excluding hydrogens is 362 g/mol. The summed E-state index contributed by atoms with van der Waals surface area (Å²) in [7, 11) is 2.02. The SMILES string of the molecule is Cn1ccnc1C1CNCCN1CC(=O)NC(c1ccccc1)C1CCCCC1. The summed E-state index contributed by atoms with van der Waals surface area (Å²) >= 11 is 0. The first-order valence-electron chi connectivity index (χ1n) is 11.0. The van der Waals surface area contributed by atoms with Gasteiger partial charge in [0.05, 0.1) is 18.6 Å². The number of hydrogen-bond donors (Lipinski definition) is 2. The Bertz CT molecular complexity index is 784. The molecule has 6 nitrogen and oxygen atoms in total. The highest BCUT2D eigenvalue weighted by Crippen LogP contribution is 2.34. The molecule has 1 saturated carbocycles. The zero-order valence-corrected chi connectivity index (χ0v) is 17.4. The second kappa shape index (κ2) is 9.55. The summed E-state index contributed by atoms with van der Waals surface area (Å²) in [5, 5.41) is 6.85. The van der Waals surface area contributed by atoms with Crippen LogP contribution < -0.4 is 10.6 Å². The van der Waals surface area contributed by atoms with Crippen molar-refractivity contribution in [3.05, 3.63) is 54.1 Å². The third-order valence-electron chi connectivity index (χ3n) is 6.45. The van der Waals surface area contributed by atoms with E-state index < -0.39 is 0 Å². The molecule has 2 N–H and O–H groups in total. The van der Waals surface area contributed by atoms with E-state index in [0.29, 0.717) is 12.5 Å². The number of aromatic nitrogens is 2. The average molecular weight is 396 g/mol. The summed E-state index contributed by atoms with van der Waals surface area (Å²) in [5.41, 5.74) is 1.23. The highest BCUT2D eigenvalue weighted by molar-refractivity contribution is 5.78. The number of carbonyl (C=O) groups is 1. The Morgan fingerprint density at radius 2 is 2.03 bits per heavy atom. The van der Waals surface area contributed by atoms with Crippen LogP contribution in [-0.2, 0) is 11.8 Å². The number of nitrogens with zero attached hydrogens (tertiary/aromatic N) is 3. The van der Waals surface area contributed by atoms with Gasteiger partial charge in [-0.3, -0.25) is 9.69 Å². The van der Waals surface area contributed by atoms with E-state index in [1.54, 1.807) is 0 Å². The van der Waals surface area contributed by atoms with Gasteiger partial charge >= 0.3 is 0 Å². The lowest BCUT2D eigenvalue weighted by atomic mass is 9.81. The quantitative estimate of drug-likeness (QED) is 0.790. The van der Waals surface area contributed by atoms with Crippen LogP contribution in [0.1, 0.15) is 55.6 Å². The molecule has 6 heteroatoms. The maximum atomic E-state index is 13.1. The van der Waals surface area contributed by atoms with Crippen LogP contribution in [-0.4, -0.2) is 46.5 Å². The molecule has 1 aromatic heterocycles. The van der Waals surface area contributed by atoms with Crippen molar-refractivity contribution in [2.24, 2.45) is 13.0 Å². The standard InChI is InChI=1S/C23H33N5O/c1-27-14-13-25-23(27)20-16-24-12-15-28(20)17-21(29)26-22(18-8-4-2-5-9-18)19-10-6-3-7-11-19/h2,4-5,8-9,13-14,19-20,22,24H,3,6-7,10-12,15-17H2,1H3,(H,26,29). The number of aryl methyl sites for hydroxylation is 1. The summed E-state index contributed by atoms with van der Waals surface area (Å²) in [5.74, 6) is 1.66. The van der Waals surface area contributed by atoms with Crippen LogP contribution in [0.2, 0.25) is 0 Å². The van der Waals surface area contributed by atoms with Gasteiger partial charge in [-0.1, -0.05) is 49.6 Å². The monoisotopic (exact) mass is 395 g/mol. The van der Waals surface area contributed by atoms with Gasteiger partial charge in [0.15, 0.2) is 0 Å². The second-order valence-electron chi connectivity index (χ2n) is 8.44. The molecule has 1 amide bonds. The predicted molar refractivity (Wildman–Crippen MR) is 114 cm³/mol. The van der Waals surface area contributed by atoms with Crippen molar-refractivity contribution in [3.8, 4) is 0 Å². The Balaban J connectivity index is 1.46. The zero-order chi connectivity index (χ0) is 20.1. The van der Waals surface area contributed by atoms with Crippen LogP contribution >= 0.6 is 0 Å². The van der Waals surface area contributed by atoms with Gasteiger partial charge < -0.3 is 15.2 Å². The van der Waals surface area contributed by atoms with Crippen molar-refractivity contribution in [3.63, 3.8) is 0 Å². The van der Waals surface area contributed by atoms with Crippen LogP contribution in [0.3, 0.4) is 0 Å². The predicted octanol–water partition coefficient (Wildman–Crippen LogP) is 2.80. The normalized spacial score (nSPS) is 22.3. The van der Waals surface area contributed by atoms with Crippen molar-refractivity contribution in [1.82, 2.24) is 25.1 Å². The lowest BCUT2D eigenvalue weighted by Gasteiger charge is -2.36. The topological polar surface area (TPSA) is 62.2 Å². The van der Waals surface area contributed by atoms with E-state index in [4.69, 9.17) is 0 Å². The third kappa shape index (κ3) is 4.87. The summed E-state index contributed by atoms with van der Waals surface area (Å²) < 4.78 is 2.05. The fourth-order valence-corrected chi connectivity index (χ4v) is 4.89. The molecule has 2 fully saturated rings. The smallest absolute Gasteiger partial charge is 0.234 e. The zero-order valence-electron chi connectivity index (χ0n) is 17.4. The summed E-state index contributed by atoms with van der Waals surface area (Å²) in [6.45, 7) is 2.99. The number of benzene rings is 1. The van der Waals surface area contributed by atoms with E-state index in [-0.39, 0.29) is 18.0 Å². The van der Waals surface area contributed by atoms with Gasteiger partial charge in [-0.25, -0.2) is 4.98 Å². The van der Waals surface area contributed by atoms with Crippen molar-refractivity contribution in [1.29, 1.82) is 0 Å². The first-order chi connectivity index (χ1) is 14.2. The van der Waals surface area contributed by atoms with E-state index in [9.17, 15) is 4.79 Å². The number of amides is 1. The first kappa shape index (κ1) is 20.1. The van der Waals surface area contributed by atoms with Gasteiger partial charge in [0.25, 0.3) is 0 Å². The van der Waals surface area contributed by atoms with Crippen molar-refractivity contribution in [2.75, 3.05) is 26.2 Å². The summed E-state index contributed by atoms with van der Waals surface area (Å²) in [6, 6.07) is 10.7. The van der Waals surface area contributed by atoms with Crippen LogP contribution in [0.4, 0.5) is 0 Å². The minimum atomic E-state index is 0.110. The van der Waals surface area contributed by atoms with Crippen molar-refractivity contribution < 1.29 is 4.79 Å². The number of carbonyl (C=O) groups excluding carboxylic acids is 1. The third-order valence-corrected chi connectivity index (χ3v) is 6.45. The molecule has 2 heterocycles. The molecule has 1 aliphatic heterocycles. The second-order valence-corrected chi connectivity index (χ2v) is 8.44. The molecule has 0 bridgehead atoms. The molecule has 2 aliphatic rings. The number of nitrogens with one attached hydrogen (secondary N) is 2. The number of hydrogen-bond acceptors (Lipinski definition) is 4. The molecule has 2 unspecified atom stereocenters. The van der Waals surface area contributed by atoms with Gasteiger partial charge in [-0.05, 0) is 24.3 Å². The number of rotatable bonds is 6. The average Bonchev–Trinajstić information content (AvgIpc) is 3.19. The molecule has 0 radical (unpaired) electrons. The largest absolute Gasteiger partial charge is 0.348 e. The van der Waals surface area contributed by atoms with Gasteiger partial charge in [-0.15, -0.1) is 0 Å². The maximum absolute atomic E-state index is 13.1. The first-order valence-corrected chi connectivity index (χ1v) is 11.0. The molecule has 2 atom stereocenters. The highest BCUT2D eigenvalue weighted by atomic mass is 16.2. The molecule has 1 saturated heterocycles. The van der Waals surface area contributed by atoms with Gasteiger partial charge in [0.2, 0.25) is 5.91 Å². The minimum Gasteiger partial charge on any atom is -0.348 e. The van der Waals surface area contributed by atoms with E-state index in [1.807, 2.05) is 25.5 Å². The minimum absolute atomic E-state index is 0.110. The summed E-state index contributed by atoms with van der Waals surface area (Å²) in [6.07, 6.45) is 10.0. The fraction of sp³-hybridized carbons (Fsp3) is 0.565. The molecule has 1 aliphatic carbocycles.